The average Bonchev–Trinajstić information content (AvgIpc) is 2.09. The number of hydrogen-bond acceptors (Lipinski definition) is 2. The Morgan fingerprint density at radius 1 is 1.54 bits per heavy atom. The van der Waals surface area contributed by atoms with Gasteiger partial charge in [-0.05, 0) is 24.6 Å². The summed E-state index contributed by atoms with van der Waals surface area (Å²) in [5.74, 6) is -0.799. The van der Waals surface area contributed by atoms with Crippen molar-refractivity contribution in [2.24, 2.45) is 0 Å². The summed E-state index contributed by atoms with van der Waals surface area (Å²) in [6.07, 6.45) is 0.330. The molecule has 0 aromatic heterocycles. The summed E-state index contributed by atoms with van der Waals surface area (Å²) in [6.45, 7) is 1.71. The van der Waals surface area contributed by atoms with Crippen LogP contribution >= 0.6 is 0 Å². The van der Waals surface area contributed by atoms with E-state index in [-0.39, 0.29) is 17.8 Å². The number of halogens is 1. The molecular formula is C10H9FO2. The van der Waals surface area contributed by atoms with Crippen LogP contribution in [-0.4, -0.2) is 12.1 Å². The molecule has 2 nitrogen and oxygen atoms in total. The van der Waals surface area contributed by atoms with E-state index < -0.39 is 5.82 Å². The van der Waals surface area contributed by atoms with Crippen molar-refractivity contribution < 1.29 is 14.0 Å². The summed E-state index contributed by atoms with van der Waals surface area (Å²) < 4.78 is 12.7. The van der Waals surface area contributed by atoms with Crippen LogP contribution in [-0.2, 0) is 4.79 Å². The van der Waals surface area contributed by atoms with Crippen molar-refractivity contribution in [1.82, 2.24) is 0 Å². The van der Waals surface area contributed by atoms with E-state index in [4.69, 9.17) is 0 Å². The van der Waals surface area contributed by atoms with E-state index in [2.05, 4.69) is 0 Å². The van der Waals surface area contributed by atoms with Crippen molar-refractivity contribution in [3.63, 3.8) is 0 Å². The first-order valence-electron chi connectivity index (χ1n) is 3.88. The summed E-state index contributed by atoms with van der Waals surface area (Å²) in [5, 5.41) is 0. The highest BCUT2D eigenvalue weighted by Gasteiger charge is 2.08. The van der Waals surface area contributed by atoms with Crippen LogP contribution in [0.1, 0.15) is 22.3 Å². The summed E-state index contributed by atoms with van der Waals surface area (Å²) in [7, 11) is 0. The van der Waals surface area contributed by atoms with Gasteiger partial charge in [0.25, 0.3) is 0 Å². The van der Waals surface area contributed by atoms with E-state index >= 15 is 0 Å². The molecule has 0 saturated carbocycles. The predicted octanol–water partition coefficient (Wildman–Crippen LogP) is 1.91. The van der Waals surface area contributed by atoms with E-state index in [1.54, 1.807) is 6.92 Å². The molecule has 0 unspecified atom stereocenters. The normalized spacial score (nSPS) is 9.69. The first-order chi connectivity index (χ1) is 6.15. The van der Waals surface area contributed by atoms with Gasteiger partial charge in [-0.15, -0.1) is 0 Å². The zero-order valence-electron chi connectivity index (χ0n) is 7.21. The van der Waals surface area contributed by atoms with Crippen LogP contribution in [0.3, 0.4) is 0 Å². The molecule has 0 saturated heterocycles. The van der Waals surface area contributed by atoms with E-state index in [1.165, 1.54) is 12.1 Å². The van der Waals surface area contributed by atoms with Crippen LogP contribution in [0.5, 0.6) is 0 Å². The number of aldehydes is 1. The van der Waals surface area contributed by atoms with E-state index in [0.29, 0.717) is 11.8 Å². The summed E-state index contributed by atoms with van der Waals surface area (Å²) in [6, 6.07) is 3.96. The first kappa shape index (κ1) is 9.58. The monoisotopic (exact) mass is 180 g/mol. The molecule has 0 amide bonds. The number of carbonyl (C=O) groups excluding carboxylic acids is 2. The van der Waals surface area contributed by atoms with Crippen molar-refractivity contribution in [2.75, 3.05) is 0 Å². The maximum absolute atomic E-state index is 12.7. The van der Waals surface area contributed by atoms with Crippen molar-refractivity contribution >= 4 is 12.1 Å². The van der Waals surface area contributed by atoms with Gasteiger partial charge in [0.1, 0.15) is 12.1 Å². The molecule has 0 bridgehead atoms. The van der Waals surface area contributed by atoms with Gasteiger partial charge in [0, 0.05) is 5.56 Å². The Labute approximate surface area is 75.4 Å². The predicted molar refractivity (Wildman–Crippen MR) is 46.1 cm³/mol. The fourth-order valence-electron chi connectivity index (χ4n) is 1.08. The Kier molecular flexibility index (Phi) is 2.90. The van der Waals surface area contributed by atoms with Crippen molar-refractivity contribution in [3.8, 4) is 0 Å². The van der Waals surface area contributed by atoms with Gasteiger partial charge >= 0.3 is 0 Å². The smallest absolute Gasteiger partial charge is 0.170 e. The number of aryl methyl sites for hydroxylation is 1. The maximum atomic E-state index is 12.7. The topological polar surface area (TPSA) is 34.1 Å². The molecule has 13 heavy (non-hydrogen) atoms. The Hall–Kier alpha value is -1.51. The lowest BCUT2D eigenvalue weighted by atomic mass is 10.0. The van der Waals surface area contributed by atoms with Crippen LogP contribution in [0, 0.1) is 12.7 Å². The van der Waals surface area contributed by atoms with Gasteiger partial charge in [0.05, 0.1) is 6.42 Å². The molecule has 0 aliphatic heterocycles. The third kappa shape index (κ3) is 2.21. The van der Waals surface area contributed by atoms with Gasteiger partial charge in [-0.25, -0.2) is 4.39 Å². The standard InChI is InChI=1S/C10H9FO2/c1-7-2-3-8(11)6-9(7)10(13)4-5-12/h2-3,5-6H,4H2,1H3. The van der Waals surface area contributed by atoms with Crippen LogP contribution < -0.4 is 0 Å². The lowest BCUT2D eigenvalue weighted by Crippen LogP contribution is -2.02. The minimum absolute atomic E-state index is 0.190. The van der Waals surface area contributed by atoms with E-state index in [0.717, 1.165) is 6.07 Å². The van der Waals surface area contributed by atoms with Crippen molar-refractivity contribution in [1.29, 1.82) is 0 Å². The molecule has 3 heteroatoms. The van der Waals surface area contributed by atoms with Gasteiger partial charge < -0.3 is 4.79 Å². The number of hydrogen-bond donors (Lipinski definition) is 0. The lowest BCUT2D eigenvalue weighted by molar-refractivity contribution is -0.107. The summed E-state index contributed by atoms with van der Waals surface area (Å²) in [4.78, 5) is 21.3. The van der Waals surface area contributed by atoms with Gasteiger partial charge in [-0.2, -0.15) is 0 Å². The van der Waals surface area contributed by atoms with Crippen molar-refractivity contribution in [3.05, 3.63) is 35.1 Å². The minimum atomic E-state index is -0.458. The zero-order chi connectivity index (χ0) is 9.84. The van der Waals surface area contributed by atoms with Gasteiger partial charge in [0.15, 0.2) is 5.78 Å². The zero-order valence-corrected chi connectivity index (χ0v) is 7.21. The number of rotatable bonds is 3. The number of benzene rings is 1. The third-order valence-corrected chi connectivity index (χ3v) is 1.77. The number of carbonyl (C=O) groups is 2. The second-order valence-corrected chi connectivity index (χ2v) is 2.75. The molecular weight excluding hydrogens is 171 g/mol. The SMILES string of the molecule is Cc1ccc(F)cc1C(=O)CC=O. The van der Waals surface area contributed by atoms with Crippen LogP contribution in [0.4, 0.5) is 4.39 Å². The molecule has 1 aromatic rings. The van der Waals surface area contributed by atoms with Crippen molar-refractivity contribution in [2.45, 2.75) is 13.3 Å². The molecule has 0 fully saturated rings. The Morgan fingerprint density at radius 2 is 2.23 bits per heavy atom. The van der Waals surface area contributed by atoms with Crippen LogP contribution in [0.25, 0.3) is 0 Å². The van der Waals surface area contributed by atoms with Gasteiger partial charge in [-0.1, -0.05) is 6.07 Å². The second kappa shape index (κ2) is 3.94. The number of ketones is 1. The Morgan fingerprint density at radius 3 is 2.85 bits per heavy atom. The Bertz CT molecular complexity index is 345. The first-order valence-corrected chi connectivity index (χ1v) is 3.88. The Balaban J connectivity index is 3.05. The molecule has 0 heterocycles. The molecule has 1 aromatic carbocycles. The van der Waals surface area contributed by atoms with Gasteiger partial charge in [0.2, 0.25) is 0 Å². The molecule has 0 aliphatic carbocycles. The van der Waals surface area contributed by atoms with Crippen LogP contribution in [0.2, 0.25) is 0 Å². The van der Waals surface area contributed by atoms with E-state index in [1.807, 2.05) is 0 Å². The molecule has 0 atom stereocenters. The molecule has 1 rings (SSSR count). The fourth-order valence-corrected chi connectivity index (χ4v) is 1.08. The molecule has 0 N–H and O–H groups in total. The highest BCUT2D eigenvalue weighted by Crippen LogP contribution is 2.11. The number of Topliss-reactive ketones (excluding diaryl/α,β-unsaturated/α-hetero) is 1. The minimum Gasteiger partial charge on any atom is -0.303 e. The largest absolute Gasteiger partial charge is 0.303 e. The average molecular weight is 180 g/mol. The lowest BCUT2D eigenvalue weighted by Gasteiger charge is -2.01. The summed E-state index contributed by atoms with van der Waals surface area (Å²) in [5.41, 5.74) is 0.973. The summed E-state index contributed by atoms with van der Waals surface area (Å²) >= 11 is 0. The maximum Gasteiger partial charge on any atom is 0.170 e. The highest BCUT2D eigenvalue weighted by molar-refractivity contribution is 6.03. The van der Waals surface area contributed by atoms with E-state index in [9.17, 15) is 14.0 Å². The second-order valence-electron chi connectivity index (χ2n) is 2.75. The quantitative estimate of drug-likeness (QED) is 0.404. The molecule has 0 aliphatic rings. The molecule has 0 radical (unpaired) electrons. The van der Waals surface area contributed by atoms with Gasteiger partial charge in [-0.3, -0.25) is 4.79 Å². The van der Waals surface area contributed by atoms with Crippen LogP contribution in [0.15, 0.2) is 18.2 Å². The highest BCUT2D eigenvalue weighted by atomic mass is 19.1. The fraction of sp³-hybridized carbons (Fsp3) is 0.200. The molecule has 68 valence electrons. The third-order valence-electron chi connectivity index (χ3n) is 1.77. The molecule has 0 spiro atoms.